The molecule has 7 heteroatoms. The zero-order chi connectivity index (χ0) is 14.9. The SMILES string of the molecule is CC(NC(N)=O)C(=O)N1C(C(=O)O)CC2CCCCC21. The Labute approximate surface area is 117 Å². The van der Waals surface area contributed by atoms with Gasteiger partial charge in [-0.1, -0.05) is 12.8 Å². The van der Waals surface area contributed by atoms with E-state index in [1.54, 1.807) is 0 Å². The molecular weight excluding hydrogens is 262 g/mol. The van der Waals surface area contributed by atoms with E-state index in [9.17, 15) is 19.5 Å². The highest BCUT2D eigenvalue weighted by molar-refractivity contribution is 5.90. The predicted molar refractivity (Wildman–Crippen MR) is 70.8 cm³/mol. The molecular formula is C13H21N3O4. The summed E-state index contributed by atoms with van der Waals surface area (Å²) >= 11 is 0. The van der Waals surface area contributed by atoms with E-state index in [1.165, 1.54) is 11.8 Å². The number of amides is 3. The van der Waals surface area contributed by atoms with Crippen LogP contribution >= 0.6 is 0 Å². The van der Waals surface area contributed by atoms with Gasteiger partial charge in [0, 0.05) is 6.04 Å². The molecule has 2 aliphatic rings. The second-order valence-corrected chi connectivity index (χ2v) is 5.68. The third-order valence-electron chi connectivity index (χ3n) is 4.36. The average Bonchev–Trinajstić information content (AvgIpc) is 2.76. The Kier molecular flexibility index (Phi) is 4.15. The van der Waals surface area contributed by atoms with Gasteiger partial charge in [-0.25, -0.2) is 9.59 Å². The number of carboxylic acid groups (broad SMARTS) is 1. The Hall–Kier alpha value is -1.79. The summed E-state index contributed by atoms with van der Waals surface area (Å²) in [5.41, 5.74) is 5.02. The maximum Gasteiger partial charge on any atom is 0.326 e. The molecule has 20 heavy (non-hydrogen) atoms. The van der Waals surface area contributed by atoms with Gasteiger partial charge in [0.1, 0.15) is 12.1 Å². The Bertz CT molecular complexity index is 426. The summed E-state index contributed by atoms with van der Waals surface area (Å²) in [5.74, 6) is -1.07. The molecule has 0 aromatic heterocycles. The number of hydrogen-bond donors (Lipinski definition) is 3. The molecule has 2 rings (SSSR count). The summed E-state index contributed by atoms with van der Waals surface area (Å²) in [6.45, 7) is 1.53. The second-order valence-electron chi connectivity index (χ2n) is 5.68. The van der Waals surface area contributed by atoms with Gasteiger partial charge in [0.25, 0.3) is 0 Å². The van der Waals surface area contributed by atoms with Crippen molar-refractivity contribution < 1.29 is 19.5 Å². The van der Waals surface area contributed by atoms with Gasteiger partial charge in [0.15, 0.2) is 0 Å². The lowest BCUT2D eigenvalue weighted by atomic mass is 9.84. The summed E-state index contributed by atoms with van der Waals surface area (Å²) < 4.78 is 0. The molecule has 0 aromatic rings. The summed E-state index contributed by atoms with van der Waals surface area (Å²) in [4.78, 5) is 36.2. The van der Waals surface area contributed by atoms with Gasteiger partial charge in [0.2, 0.25) is 5.91 Å². The number of carboxylic acids is 1. The van der Waals surface area contributed by atoms with E-state index in [0.29, 0.717) is 6.42 Å². The molecule has 4 atom stereocenters. The molecule has 0 bridgehead atoms. The van der Waals surface area contributed by atoms with Crippen molar-refractivity contribution in [2.45, 2.75) is 57.2 Å². The van der Waals surface area contributed by atoms with Crippen LogP contribution in [0.25, 0.3) is 0 Å². The number of aliphatic carboxylic acids is 1. The fraction of sp³-hybridized carbons (Fsp3) is 0.769. The second kappa shape index (κ2) is 5.68. The fourth-order valence-electron chi connectivity index (χ4n) is 3.50. The summed E-state index contributed by atoms with van der Waals surface area (Å²) in [6.07, 6.45) is 4.41. The predicted octanol–water partition coefficient (Wildman–Crippen LogP) is 0.288. The van der Waals surface area contributed by atoms with Crippen molar-refractivity contribution >= 4 is 17.9 Å². The zero-order valence-corrected chi connectivity index (χ0v) is 11.5. The lowest BCUT2D eigenvalue weighted by Gasteiger charge is -2.34. The van der Waals surface area contributed by atoms with Crippen LogP contribution in [-0.4, -0.2) is 46.0 Å². The Morgan fingerprint density at radius 1 is 1.30 bits per heavy atom. The molecule has 0 aromatic carbocycles. The Morgan fingerprint density at radius 2 is 1.95 bits per heavy atom. The highest BCUT2D eigenvalue weighted by atomic mass is 16.4. The van der Waals surface area contributed by atoms with E-state index in [1.807, 2.05) is 0 Å². The molecule has 4 N–H and O–H groups in total. The summed E-state index contributed by atoms with van der Waals surface area (Å²) in [6, 6.07) is -2.38. The zero-order valence-electron chi connectivity index (χ0n) is 11.5. The van der Waals surface area contributed by atoms with E-state index in [2.05, 4.69) is 5.32 Å². The van der Waals surface area contributed by atoms with Gasteiger partial charge in [-0.15, -0.1) is 0 Å². The smallest absolute Gasteiger partial charge is 0.326 e. The molecule has 1 aliphatic heterocycles. The molecule has 4 unspecified atom stereocenters. The van der Waals surface area contributed by atoms with Crippen LogP contribution in [0.5, 0.6) is 0 Å². The maximum atomic E-state index is 12.4. The van der Waals surface area contributed by atoms with E-state index in [0.717, 1.165) is 25.7 Å². The third-order valence-corrected chi connectivity index (χ3v) is 4.36. The summed E-state index contributed by atoms with van der Waals surface area (Å²) in [7, 11) is 0. The monoisotopic (exact) mass is 283 g/mol. The number of fused-ring (bicyclic) bond motifs is 1. The number of urea groups is 1. The number of carbonyl (C=O) groups is 3. The van der Waals surface area contributed by atoms with Crippen molar-refractivity contribution in [2.75, 3.05) is 0 Å². The molecule has 3 amide bonds. The molecule has 2 fully saturated rings. The third kappa shape index (κ3) is 2.71. The van der Waals surface area contributed by atoms with Crippen LogP contribution in [0.3, 0.4) is 0 Å². The van der Waals surface area contributed by atoms with Gasteiger partial charge < -0.3 is 21.1 Å². The van der Waals surface area contributed by atoms with Crippen molar-refractivity contribution in [2.24, 2.45) is 11.7 Å². The van der Waals surface area contributed by atoms with Crippen LogP contribution in [0.2, 0.25) is 0 Å². The maximum absolute atomic E-state index is 12.4. The number of nitrogens with one attached hydrogen (secondary N) is 1. The minimum absolute atomic E-state index is 0.0190. The molecule has 0 radical (unpaired) electrons. The van der Waals surface area contributed by atoms with E-state index in [4.69, 9.17) is 5.73 Å². The van der Waals surface area contributed by atoms with Crippen molar-refractivity contribution in [3.05, 3.63) is 0 Å². The number of primary amides is 1. The number of rotatable bonds is 3. The average molecular weight is 283 g/mol. The number of nitrogens with zero attached hydrogens (tertiary/aromatic N) is 1. The van der Waals surface area contributed by atoms with E-state index in [-0.39, 0.29) is 17.9 Å². The van der Waals surface area contributed by atoms with Crippen molar-refractivity contribution in [3.63, 3.8) is 0 Å². The Morgan fingerprint density at radius 3 is 2.55 bits per heavy atom. The lowest BCUT2D eigenvalue weighted by Crippen LogP contribution is -2.54. The van der Waals surface area contributed by atoms with Gasteiger partial charge in [-0.2, -0.15) is 0 Å². The van der Waals surface area contributed by atoms with Crippen LogP contribution in [-0.2, 0) is 9.59 Å². The molecule has 1 heterocycles. The lowest BCUT2D eigenvalue weighted by molar-refractivity contribution is -0.150. The van der Waals surface area contributed by atoms with Crippen LogP contribution in [0.4, 0.5) is 4.79 Å². The Balaban J connectivity index is 2.18. The fourth-order valence-corrected chi connectivity index (χ4v) is 3.50. The van der Waals surface area contributed by atoms with Gasteiger partial charge >= 0.3 is 12.0 Å². The first-order chi connectivity index (χ1) is 9.41. The molecule has 0 spiro atoms. The van der Waals surface area contributed by atoms with Crippen LogP contribution < -0.4 is 11.1 Å². The standard InChI is InChI=1S/C13H21N3O4/c1-7(15-13(14)20)11(17)16-9-5-3-2-4-8(9)6-10(16)12(18)19/h7-10H,2-6H2,1H3,(H,18,19)(H3,14,15,20). The quantitative estimate of drug-likeness (QED) is 0.690. The first-order valence-corrected chi connectivity index (χ1v) is 7.02. The minimum Gasteiger partial charge on any atom is -0.480 e. The van der Waals surface area contributed by atoms with Crippen molar-refractivity contribution in [3.8, 4) is 0 Å². The largest absolute Gasteiger partial charge is 0.480 e. The molecule has 1 saturated carbocycles. The number of nitrogens with two attached hydrogens (primary N) is 1. The van der Waals surface area contributed by atoms with Gasteiger partial charge in [-0.3, -0.25) is 4.79 Å². The highest BCUT2D eigenvalue weighted by Crippen LogP contribution is 2.40. The highest BCUT2D eigenvalue weighted by Gasteiger charge is 2.48. The molecule has 1 saturated heterocycles. The number of carbonyl (C=O) groups excluding carboxylic acids is 2. The minimum atomic E-state index is -0.973. The number of hydrogen-bond acceptors (Lipinski definition) is 3. The normalized spacial score (nSPS) is 30.4. The topological polar surface area (TPSA) is 113 Å². The van der Waals surface area contributed by atoms with E-state index >= 15 is 0 Å². The van der Waals surface area contributed by atoms with Gasteiger partial charge in [0.05, 0.1) is 0 Å². The summed E-state index contributed by atoms with van der Waals surface area (Å²) in [5, 5.41) is 11.7. The molecule has 1 aliphatic carbocycles. The van der Waals surface area contributed by atoms with Crippen LogP contribution in [0, 0.1) is 5.92 Å². The molecule has 112 valence electrons. The first kappa shape index (κ1) is 14.6. The van der Waals surface area contributed by atoms with Crippen LogP contribution in [0.15, 0.2) is 0 Å². The van der Waals surface area contributed by atoms with Crippen LogP contribution in [0.1, 0.15) is 39.0 Å². The molecule has 7 nitrogen and oxygen atoms in total. The van der Waals surface area contributed by atoms with E-state index < -0.39 is 24.1 Å². The van der Waals surface area contributed by atoms with Crippen molar-refractivity contribution in [1.82, 2.24) is 10.2 Å². The first-order valence-electron chi connectivity index (χ1n) is 7.02. The number of likely N-dealkylation sites (tertiary alicyclic amines) is 1. The van der Waals surface area contributed by atoms with Crippen molar-refractivity contribution in [1.29, 1.82) is 0 Å². The van der Waals surface area contributed by atoms with Gasteiger partial charge in [-0.05, 0) is 32.1 Å².